The molecule has 0 saturated carbocycles. The SMILES string of the molecule is CC(C)(C)c1ccc(C=[N-])cc1.CCC/C=C1/NC(=O)C(CC=O)S1.CN=Cc1cccc(N(C)C)c1.COC.[K+]. The molecule has 41 heavy (non-hydrogen) atoms. The van der Waals surface area contributed by atoms with Gasteiger partial charge in [0.2, 0.25) is 5.91 Å². The van der Waals surface area contributed by atoms with E-state index in [4.69, 9.17) is 5.41 Å². The van der Waals surface area contributed by atoms with Gasteiger partial charge in [0.05, 0.1) is 10.3 Å². The van der Waals surface area contributed by atoms with Crippen molar-refractivity contribution >= 4 is 42.1 Å². The Morgan fingerprint density at radius 1 is 1.10 bits per heavy atom. The van der Waals surface area contributed by atoms with Crippen molar-refractivity contribution in [3.8, 4) is 0 Å². The molecule has 1 unspecified atom stereocenters. The van der Waals surface area contributed by atoms with Crippen LogP contribution in [-0.2, 0) is 19.7 Å². The van der Waals surface area contributed by atoms with Crippen molar-refractivity contribution in [3.63, 3.8) is 0 Å². The minimum atomic E-state index is -0.208. The van der Waals surface area contributed by atoms with Crippen LogP contribution in [0.2, 0.25) is 0 Å². The summed E-state index contributed by atoms with van der Waals surface area (Å²) in [6, 6.07) is 16.2. The molecule has 7 nitrogen and oxygen atoms in total. The summed E-state index contributed by atoms with van der Waals surface area (Å²) in [5, 5.41) is 12.1. The Kier molecular flexibility index (Phi) is 24.2. The van der Waals surface area contributed by atoms with E-state index in [-0.39, 0.29) is 68.0 Å². The summed E-state index contributed by atoms with van der Waals surface area (Å²) in [4.78, 5) is 27.5. The molecule has 1 aliphatic heterocycles. The molecule has 9 heteroatoms. The molecular formula is C32H47KN4O3S. The quantitative estimate of drug-likeness (QED) is 0.296. The van der Waals surface area contributed by atoms with E-state index in [0.717, 1.165) is 41.5 Å². The molecule has 1 aliphatic rings. The molecule has 0 radical (unpaired) electrons. The third kappa shape index (κ3) is 18.5. The molecule has 2 aromatic rings. The predicted octanol–water partition coefficient (Wildman–Crippen LogP) is 3.49. The molecule has 1 N–H and O–H groups in total. The maximum absolute atomic E-state index is 11.2. The maximum atomic E-state index is 11.2. The van der Waals surface area contributed by atoms with Gasteiger partial charge in [-0.05, 0) is 40.7 Å². The second-order valence-electron chi connectivity index (χ2n) is 10.1. The van der Waals surface area contributed by atoms with Crippen LogP contribution >= 0.6 is 11.8 Å². The van der Waals surface area contributed by atoms with Crippen LogP contribution in [0.15, 0.2) is 64.6 Å². The first kappa shape index (κ1) is 41.5. The van der Waals surface area contributed by atoms with Crippen molar-refractivity contribution in [3.05, 3.63) is 81.7 Å². The summed E-state index contributed by atoms with van der Waals surface area (Å²) in [7, 11) is 9.09. The normalized spacial score (nSPS) is 14.7. The Morgan fingerprint density at radius 2 is 1.71 bits per heavy atom. The molecule has 0 bridgehead atoms. The van der Waals surface area contributed by atoms with E-state index in [1.165, 1.54) is 23.0 Å². The monoisotopic (exact) mass is 606 g/mol. The van der Waals surface area contributed by atoms with Gasteiger partial charge in [0.1, 0.15) is 6.29 Å². The van der Waals surface area contributed by atoms with Gasteiger partial charge in [0.25, 0.3) is 0 Å². The van der Waals surface area contributed by atoms with Gasteiger partial charge in [-0.1, -0.05) is 88.4 Å². The van der Waals surface area contributed by atoms with Crippen LogP contribution in [0.5, 0.6) is 0 Å². The fourth-order valence-corrected chi connectivity index (χ4v) is 4.18. The Labute approximate surface area is 294 Å². The van der Waals surface area contributed by atoms with Crippen LogP contribution in [-0.4, -0.2) is 65.2 Å². The molecule has 220 valence electrons. The molecule has 3 rings (SSSR count). The third-order valence-corrected chi connectivity index (χ3v) is 6.54. The Hall–Kier alpha value is -1.59. The Bertz CT molecular complexity index is 1080. The molecule has 1 atom stereocenters. The standard InChI is InChI=1S/C11H14N.C10H14N2.C9H13NO2S.C2H6O.K/c1-11(2,3)10-6-4-9(8-12)5-7-10;1-11-8-9-5-4-6-10(7-9)12(2)3;1-2-3-4-8-10-9(12)7(13-8)5-6-11;1-3-2;/h2*4-8H,1-3H3;4,6-7H,2-3,5H2,1H3,(H,10,12);1-2H3;/q-1;;;;+1/b;;8-4-;;. The number of unbranched alkanes of at least 4 members (excludes halogenated alkanes) is 1. The second-order valence-corrected chi connectivity index (χ2v) is 11.4. The summed E-state index contributed by atoms with van der Waals surface area (Å²) < 4.78 is 4.25. The van der Waals surface area contributed by atoms with Crippen molar-refractivity contribution in [2.45, 2.75) is 57.6 Å². The molecule has 1 fully saturated rings. The van der Waals surface area contributed by atoms with Gasteiger partial charge in [-0.2, -0.15) is 6.21 Å². The van der Waals surface area contributed by atoms with Crippen molar-refractivity contribution in [1.29, 1.82) is 0 Å². The number of thioether (sulfide) groups is 1. The number of hydrogen-bond donors (Lipinski definition) is 1. The van der Waals surface area contributed by atoms with Crippen LogP contribution in [0, 0.1) is 0 Å². The molecule has 2 aromatic carbocycles. The van der Waals surface area contributed by atoms with E-state index in [9.17, 15) is 9.59 Å². The van der Waals surface area contributed by atoms with E-state index < -0.39 is 0 Å². The first-order valence-corrected chi connectivity index (χ1v) is 14.1. The van der Waals surface area contributed by atoms with Gasteiger partial charge in [-0.15, -0.1) is 0 Å². The first-order chi connectivity index (χ1) is 19.0. The number of amides is 1. The van der Waals surface area contributed by atoms with Crippen molar-refractivity contribution in [1.82, 2.24) is 5.32 Å². The fraction of sp³-hybridized carbons (Fsp3) is 0.438. The predicted molar refractivity (Wildman–Crippen MR) is 174 cm³/mol. The van der Waals surface area contributed by atoms with Gasteiger partial charge in [-0.25, -0.2) is 0 Å². The van der Waals surface area contributed by atoms with Crippen LogP contribution in [0.25, 0.3) is 5.41 Å². The summed E-state index contributed by atoms with van der Waals surface area (Å²) in [6.45, 7) is 8.60. The number of hydrogen-bond acceptors (Lipinski definition) is 6. The molecular weight excluding hydrogens is 560 g/mol. The number of anilines is 1. The van der Waals surface area contributed by atoms with E-state index in [2.05, 4.69) is 59.8 Å². The largest absolute Gasteiger partial charge is 1.00 e. The van der Waals surface area contributed by atoms with Crippen molar-refractivity contribution in [2.24, 2.45) is 4.99 Å². The Morgan fingerprint density at radius 3 is 2.17 bits per heavy atom. The number of carbonyl (C=O) groups excluding carboxylic acids is 2. The number of nitrogens with zero attached hydrogens (tertiary/aromatic N) is 3. The van der Waals surface area contributed by atoms with Gasteiger partial charge in [0.15, 0.2) is 0 Å². The van der Waals surface area contributed by atoms with Crippen molar-refractivity contribution in [2.75, 3.05) is 40.3 Å². The smallest absolute Gasteiger partial charge is 0.810 e. The van der Waals surface area contributed by atoms with Gasteiger partial charge in [0, 0.05) is 53.7 Å². The summed E-state index contributed by atoms with van der Waals surface area (Å²) in [5.74, 6) is -0.0422. The maximum Gasteiger partial charge on any atom is 1.00 e. The van der Waals surface area contributed by atoms with E-state index in [1.807, 2.05) is 62.8 Å². The number of rotatable bonds is 7. The number of nitrogens with one attached hydrogen (secondary N) is 1. The summed E-state index contributed by atoms with van der Waals surface area (Å²) >= 11 is 1.45. The van der Waals surface area contributed by atoms with E-state index in [0.29, 0.717) is 6.42 Å². The average Bonchev–Trinajstić information content (AvgIpc) is 3.27. The number of carbonyl (C=O) groups is 2. The minimum Gasteiger partial charge on any atom is -0.810 e. The molecule has 1 saturated heterocycles. The molecule has 1 heterocycles. The fourth-order valence-electron chi connectivity index (χ4n) is 3.16. The van der Waals surface area contributed by atoms with Crippen LogP contribution < -0.4 is 61.6 Å². The van der Waals surface area contributed by atoms with Gasteiger partial charge in [-0.3, -0.25) is 9.79 Å². The topological polar surface area (TPSA) is 93.3 Å². The van der Waals surface area contributed by atoms with E-state index >= 15 is 0 Å². The zero-order valence-corrected chi connectivity index (χ0v) is 30.5. The van der Waals surface area contributed by atoms with Crippen LogP contribution in [0.1, 0.15) is 63.6 Å². The van der Waals surface area contributed by atoms with Crippen LogP contribution in [0.3, 0.4) is 0 Å². The van der Waals surface area contributed by atoms with Gasteiger partial charge >= 0.3 is 51.4 Å². The molecule has 0 spiro atoms. The number of benzene rings is 2. The van der Waals surface area contributed by atoms with Gasteiger partial charge < -0.3 is 25.2 Å². The third-order valence-electron chi connectivity index (χ3n) is 5.33. The average molecular weight is 607 g/mol. The number of allylic oxidation sites excluding steroid dienone is 1. The number of methoxy groups -OCH3 is 1. The number of aldehydes is 1. The summed E-state index contributed by atoms with van der Waals surface area (Å²) in [6.07, 6.45) is 8.11. The molecule has 0 aromatic heterocycles. The number of aliphatic imine (C=N–C) groups is 1. The van der Waals surface area contributed by atoms with Crippen LogP contribution in [0.4, 0.5) is 5.69 Å². The summed E-state index contributed by atoms with van der Waals surface area (Å²) in [5.41, 5.74) is 4.67. The first-order valence-electron chi connectivity index (χ1n) is 13.3. The zero-order chi connectivity index (χ0) is 30.6. The van der Waals surface area contributed by atoms with Crippen molar-refractivity contribution < 1.29 is 65.7 Å². The van der Waals surface area contributed by atoms with E-state index in [1.54, 1.807) is 21.3 Å². The molecule has 1 amide bonds. The second kappa shape index (κ2) is 23.9. The molecule has 0 aliphatic carbocycles. The minimum absolute atomic E-state index is 0. The zero-order valence-electron chi connectivity index (χ0n) is 26.6. The number of ether oxygens (including phenoxy) is 1. The Balaban J connectivity index is 0.